The lowest BCUT2D eigenvalue weighted by Crippen LogP contribution is -2.15. The Balaban J connectivity index is 1.77. The average molecular weight is 277 g/mol. The number of hydrogen-bond acceptors (Lipinski definition) is 4. The Morgan fingerprint density at radius 1 is 1.32 bits per heavy atom. The molecule has 0 aliphatic carbocycles. The second kappa shape index (κ2) is 6.19. The van der Waals surface area contributed by atoms with Gasteiger partial charge in [-0.3, -0.25) is 9.59 Å². The van der Waals surface area contributed by atoms with Gasteiger partial charge >= 0.3 is 4.87 Å². The summed E-state index contributed by atoms with van der Waals surface area (Å²) in [5, 5.41) is 4.53. The molecule has 5 nitrogen and oxygen atoms in total. The predicted molar refractivity (Wildman–Crippen MR) is 77.3 cm³/mol. The Morgan fingerprint density at radius 2 is 2.05 bits per heavy atom. The van der Waals surface area contributed by atoms with Gasteiger partial charge < -0.3 is 15.6 Å². The van der Waals surface area contributed by atoms with Crippen molar-refractivity contribution in [2.45, 2.75) is 19.4 Å². The second-order valence-corrected chi connectivity index (χ2v) is 4.99. The molecule has 1 amide bonds. The van der Waals surface area contributed by atoms with Crippen LogP contribution in [-0.2, 0) is 11.3 Å². The third-order valence-corrected chi connectivity index (χ3v) is 3.34. The Hall–Kier alpha value is -2.08. The molecule has 0 radical (unpaired) electrons. The van der Waals surface area contributed by atoms with Crippen LogP contribution in [0.1, 0.15) is 12.8 Å². The Labute approximate surface area is 114 Å². The summed E-state index contributed by atoms with van der Waals surface area (Å²) < 4.78 is 1.61. The van der Waals surface area contributed by atoms with Crippen molar-refractivity contribution in [3.8, 4) is 0 Å². The lowest BCUT2D eigenvalue weighted by atomic mass is 10.2. The van der Waals surface area contributed by atoms with Gasteiger partial charge in [-0.15, -0.1) is 0 Å². The van der Waals surface area contributed by atoms with Crippen LogP contribution in [0, 0.1) is 0 Å². The fraction of sp³-hybridized carbons (Fsp3) is 0.231. The number of aryl methyl sites for hydroxylation is 1. The van der Waals surface area contributed by atoms with E-state index in [1.807, 2.05) is 0 Å². The van der Waals surface area contributed by atoms with Crippen LogP contribution in [0.3, 0.4) is 0 Å². The molecule has 1 heterocycles. The lowest BCUT2D eigenvalue weighted by molar-refractivity contribution is -0.116. The molecule has 0 unspecified atom stereocenters. The summed E-state index contributed by atoms with van der Waals surface area (Å²) in [5.74, 6) is -0.0620. The van der Waals surface area contributed by atoms with Crippen LogP contribution in [0.5, 0.6) is 0 Å². The minimum Gasteiger partial charge on any atom is -0.399 e. The lowest BCUT2D eigenvalue weighted by Gasteiger charge is -2.05. The molecule has 6 heteroatoms. The zero-order chi connectivity index (χ0) is 13.7. The zero-order valence-electron chi connectivity index (χ0n) is 10.3. The molecule has 0 bridgehead atoms. The molecule has 0 saturated heterocycles. The van der Waals surface area contributed by atoms with E-state index in [1.165, 1.54) is 0 Å². The first kappa shape index (κ1) is 13.4. The van der Waals surface area contributed by atoms with E-state index in [9.17, 15) is 9.59 Å². The largest absolute Gasteiger partial charge is 0.399 e. The first-order valence-electron chi connectivity index (χ1n) is 5.94. The van der Waals surface area contributed by atoms with E-state index in [2.05, 4.69) is 5.32 Å². The normalized spacial score (nSPS) is 10.3. The monoisotopic (exact) mass is 277 g/mol. The predicted octanol–water partition coefficient (Wildman–Crippen LogP) is 1.91. The summed E-state index contributed by atoms with van der Waals surface area (Å²) in [4.78, 5) is 23.0. The number of nitrogens with two attached hydrogens (primary N) is 1. The highest BCUT2D eigenvalue weighted by molar-refractivity contribution is 7.07. The summed E-state index contributed by atoms with van der Waals surface area (Å²) in [7, 11) is 0. The third-order valence-electron chi connectivity index (χ3n) is 2.64. The quantitative estimate of drug-likeness (QED) is 0.820. The van der Waals surface area contributed by atoms with E-state index in [-0.39, 0.29) is 10.8 Å². The number of carbonyl (C=O) groups is 1. The van der Waals surface area contributed by atoms with Gasteiger partial charge in [-0.25, -0.2) is 0 Å². The topological polar surface area (TPSA) is 77.1 Å². The molecule has 100 valence electrons. The first-order valence-corrected chi connectivity index (χ1v) is 6.82. The van der Waals surface area contributed by atoms with Crippen LogP contribution in [0.25, 0.3) is 0 Å². The maximum Gasteiger partial charge on any atom is 0.307 e. The van der Waals surface area contributed by atoms with E-state index in [0.29, 0.717) is 25.1 Å². The second-order valence-electron chi connectivity index (χ2n) is 4.14. The van der Waals surface area contributed by atoms with E-state index >= 15 is 0 Å². The number of anilines is 2. The molecule has 0 aliphatic rings. The molecule has 3 N–H and O–H groups in total. The highest BCUT2D eigenvalue weighted by Gasteiger charge is 2.03. The van der Waals surface area contributed by atoms with E-state index in [4.69, 9.17) is 5.73 Å². The van der Waals surface area contributed by atoms with E-state index in [0.717, 1.165) is 17.0 Å². The van der Waals surface area contributed by atoms with Gasteiger partial charge in [0.15, 0.2) is 0 Å². The molecule has 2 rings (SSSR count). The van der Waals surface area contributed by atoms with E-state index < -0.39 is 0 Å². The molecule has 0 atom stereocenters. The number of nitrogen functional groups attached to an aromatic ring is 1. The summed E-state index contributed by atoms with van der Waals surface area (Å²) in [6, 6.07) is 6.99. The number of benzene rings is 1. The van der Waals surface area contributed by atoms with Crippen LogP contribution in [0.4, 0.5) is 11.4 Å². The fourth-order valence-corrected chi connectivity index (χ4v) is 2.27. The summed E-state index contributed by atoms with van der Waals surface area (Å²) >= 11 is 1.16. The number of amides is 1. The molecule has 0 spiro atoms. The van der Waals surface area contributed by atoms with Crippen molar-refractivity contribution in [2.24, 2.45) is 0 Å². The van der Waals surface area contributed by atoms with Crippen molar-refractivity contribution in [2.75, 3.05) is 11.1 Å². The molecular weight excluding hydrogens is 262 g/mol. The van der Waals surface area contributed by atoms with E-state index in [1.54, 1.807) is 40.4 Å². The maximum absolute atomic E-state index is 11.7. The smallest absolute Gasteiger partial charge is 0.307 e. The average Bonchev–Trinajstić information content (AvgIpc) is 2.78. The number of hydrogen-bond donors (Lipinski definition) is 2. The SMILES string of the molecule is Nc1ccc(NC(=O)CCCn2ccsc2=O)cc1. The van der Waals surface area contributed by atoms with Crippen LogP contribution in [0.15, 0.2) is 40.6 Å². The van der Waals surface area contributed by atoms with Gasteiger partial charge in [-0.05, 0) is 30.7 Å². The number of nitrogens with one attached hydrogen (secondary N) is 1. The van der Waals surface area contributed by atoms with Gasteiger partial charge in [0, 0.05) is 35.9 Å². The van der Waals surface area contributed by atoms with Gasteiger partial charge in [0.1, 0.15) is 0 Å². The molecule has 19 heavy (non-hydrogen) atoms. The van der Waals surface area contributed by atoms with Crippen molar-refractivity contribution in [1.82, 2.24) is 4.57 Å². The summed E-state index contributed by atoms with van der Waals surface area (Å²) in [5.41, 5.74) is 6.95. The van der Waals surface area contributed by atoms with Crippen LogP contribution in [-0.4, -0.2) is 10.5 Å². The zero-order valence-corrected chi connectivity index (χ0v) is 11.2. The maximum atomic E-state index is 11.7. The van der Waals surface area contributed by atoms with Gasteiger partial charge in [0.2, 0.25) is 5.91 Å². The molecule has 0 aliphatic heterocycles. The fourth-order valence-electron chi connectivity index (χ4n) is 1.66. The van der Waals surface area contributed by atoms with Crippen molar-refractivity contribution >= 4 is 28.6 Å². The first-order chi connectivity index (χ1) is 9.15. The molecule has 2 aromatic rings. The van der Waals surface area contributed by atoms with Gasteiger partial charge in [0.25, 0.3) is 0 Å². The Kier molecular flexibility index (Phi) is 4.35. The number of aromatic nitrogens is 1. The molecule has 0 saturated carbocycles. The van der Waals surface area contributed by atoms with Gasteiger partial charge in [-0.2, -0.15) is 0 Å². The molecule has 1 aromatic heterocycles. The van der Waals surface area contributed by atoms with Crippen molar-refractivity contribution in [3.05, 3.63) is 45.5 Å². The van der Waals surface area contributed by atoms with Crippen molar-refractivity contribution < 1.29 is 4.79 Å². The van der Waals surface area contributed by atoms with Crippen LogP contribution in [0.2, 0.25) is 0 Å². The van der Waals surface area contributed by atoms with Crippen molar-refractivity contribution in [3.63, 3.8) is 0 Å². The van der Waals surface area contributed by atoms with Gasteiger partial charge in [-0.1, -0.05) is 11.3 Å². The molecule has 0 fully saturated rings. The Morgan fingerprint density at radius 3 is 2.68 bits per heavy atom. The third kappa shape index (κ3) is 3.96. The summed E-state index contributed by atoms with van der Waals surface area (Å²) in [6.07, 6.45) is 2.76. The standard InChI is InChI=1S/C13H15N3O2S/c14-10-3-5-11(6-4-10)15-12(17)2-1-7-16-8-9-19-13(16)18/h3-6,8-9H,1-2,7,14H2,(H,15,17). The highest BCUT2D eigenvalue weighted by Crippen LogP contribution is 2.11. The molecular formula is C13H15N3O2S. The van der Waals surface area contributed by atoms with Gasteiger partial charge in [0.05, 0.1) is 0 Å². The number of thiazole rings is 1. The van der Waals surface area contributed by atoms with Crippen molar-refractivity contribution in [1.29, 1.82) is 0 Å². The minimum atomic E-state index is -0.0620. The van der Waals surface area contributed by atoms with Crippen LogP contribution < -0.4 is 15.9 Å². The molecule has 1 aromatic carbocycles. The highest BCUT2D eigenvalue weighted by atomic mass is 32.1. The number of nitrogens with zero attached hydrogens (tertiary/aromatic N) is 1. The van der Waals surface area contributed by atoms with Crippen LogP contribution >= 0.6 is 11.3 Å². The number of rotatable bonds is 5. The number of carbonyl (C=O) groups excluding carboxylic acids is 1. The minimum absolute atomic E-state index is 0.0129. The Bertz CT molecular complexity index is 601. The summed E-state index contributed by atoms with van der Waals surface area (Å²) in [6.45, 7) is 0.567.